The minimum Gasteiger partial charge on any atom is -0.384 e. The Morgan fingerprint density at radius 3 is 2.75 bits per heavy atom. The Kier molecular flexibility index (Phi) is 6.76. The molecule has 1 aliphatic rings. The minimum absolute atomic E-state index is 0.00325. The predicted octanol–water partition coefficient (Wildman–Crippen LogP) is 0.464. The van der Waals surface area contributed by atoms with Crippen molar-refractivity contribution in [2.75, 3.05) is 32.6 Å². The van der Waals surface area contributed by atoms with Gasteiger partial charge in [-0.1, -0.05) is 6.92 Å². The fraction of sp³-hybridized carbons (Fsp3) is 0.733. The highest BCUT2D eigenvalue weighted by Gasteiger charge is 2.28. The average molecular weight is 358 g/mol. The zero-order valence-corrected chi connectivity index (χ0v) is 15.1. The molecule has 1 aliphatic heterocycles. The average Bonchev–Trinajstić information content (AvgIpc) is 3.02. The molecule has 0 saturated carbocycles. The molecule has 1 fully saturated rings. The van der Waals surface area contributed by atoms with Gasteiger partial charge in [0.1, 0.15) is 5.69 Å². The first-order valence-corrected chi connectivity index (χ1v) is 9.88. The van der Waals surface area contributed by atoms with E-state index in [1.165, 1.54) is 11.4 Å². The fourth-order valence-electron chi connectivity index (χ4n) is 2.77. The number of nitrogens with one attached hydrogen (secondary N) is 1. The first kappa shape index (κ1) is 18.9. The van der Waals surface area contributed by atoms with Crippen LogP contribution >= 0.6 is 0 Å². The second-order valence-electron chi connectivity index (χ2n) is 5.90. The zero-order chi connectivity index (χ0) is 17.6. The number of amides is 1. The maximum absolute atomic E-state index is 12.4. The maximum Gasteiger partial charge on any atom is 0.269 e. The largest absolute Gasteiger partial charge is 0.384 e. The predicted molar refractivity (Wildman–Crippen MR) is 90.2 cm³/mol. The molecular formula is C15H26N4O4S. The third kappa shape index (κ3) is 4.78. The summed E-state index contributed by atoms with van der Waals surface area (Å²) in [5.41, 5.74) is 0.548. The van der Waals surface area contributed by atoms with E-state index in [0.29, 0.717) is 38.2 Å². The van der Waals surface area contributed by atoms with E-state index in [-0.39, 0.29) is 24.3 Å². The first-order chi connectivity index (χ1) is 11.5. The number of hydrogen-bond acceptors (Lipinski definition) is 5. The van der Waals surface area contributed by atoms with Gasteiger partial charge in [-0.15, -0.1) is 0 Å². The Hall–Kier alpha value is -1.45. The van der Waals surface area contributed by atoms with E-state index in [1.807, 2.05) is 6.92 Å². The molecule has 0 radical (unpaired) electrons. The lowest BCUT2D eigenvalue weighted by Crippen LogP contribution is -2.47. The van der Waals surface area contributed by atoms with Crippen molar-refractivity contribution < 1.29 is 17.9 Å². The standard InChI is InChI=1S/C15H26N4O4S/c1-3-8-19-14(4-7-16-19)15(20)17-13-5-9-18(10-6-13)24(21,22)12-11-23-2/h4,7,13H,3,5-6,8-12H2,1-2H3,(H,17,20). The van der Waals surface area contributed by atoms with Gasteiger partial charge in [-0.05, 0) is 25.3 Å². The molecule has 1 saturated heterocycles. The van der Waals surface area contributed by atoms with Crippen LogP contribution in [0.1, 0.15) is 36.7 Å². The fourth-order valence-corrected chi connectivity index (χ4v) is 4.17. The second kappa shape index (κ2) is 8.59. The van der Waals surface area contributed by atoms with Crippen LogP contribution in [0, 0.1) is 0 Å². The molecule has 8 nitrogen and oxygen atoms in total. The van der Waals surface area contributed by atoms with Crippen LogP contribution in [-0.2, 0) is 21.3 Å². The van der Waals surface area contributed by atoms with Crippen LogP contribution in [0.4, 0.5) is 0 Å². The highest BCUT2D eigenvalue weighted by molar-refractivity contribution is 7.89. The van der Waals surface area contributed by atoms with E-state index in [0.717, 1.165) is 6.42 Å². The van der Waals surface area contributed by atoms with Crippen molar-refractivity contribution in [1.82, 2.24) is 19.4 Å². The highest BCUT2D eigenvalue weighted by Crippen LogP contribution is 2.15. The number of carbonyl (C=O) groups is 1. The van der Waals surface area contributed by atoms with E-state index < -0.39 is 10.0 Å². The van der Waals surface area contributed by atoms with Crippen LogP contribution in [-0.4, -0.2) is 67.0 Å². The summed E-state index contributed by atoms with van der Waals surface area (Å²) in [7, 11) is -1.79. The summed E-state index contributed by atoms with van der Waals surface area (Å²) in [4.78, 5) is 12.4. The Bertz CT molecular complexity index is 636. The molecular weight excluding hydrogens is 332 g/mol. The number of piperidine rings is 1. The van der Waals surface area contributed by atoms with Gasteiger partial charge in [0.25, 0.3) is 5.91 Å². The molecule has 136 valence electrons. The number of sulfonamides is 1. The summed E-state index contributed by atoms with van der Waals surface area (Å²) in [6, 6.07) is 1.69. The van der Waals surface area contributed by atoms with Gasteiger partial charge in [-0.2, -0.15) is 5.10 Å². The van der Waals surface area contributed by atoms with Gasteiger partial charge >= 0.3 is 0 Å². The van der Waals surface area contributed by atoms with Crippen molar-refractivity contribution in [2.45, 2.75) is 38.8 Å². The Balaban J connectivity index is 1.86. The number of methoxy groups -OCH3 is 1. The van der Waals surface area contributed by atoms with Gasteiger partial charge in [-0.25, -0.2) is 12.7 Å². The molecule has 0 aliphatic carbocycles. The van der Waals surface area contributed by atoms with Crippen LogP contribution in [0.5, 0.6) is 0 Å². The lowest BCUT2D eigenvalue weighted by molar-refractivity contribution is 0.0912. The van der Waals surface area contributed by atoms with Crippen LogP contribution in [0.15, 0.2) is 12.3 Å². The molecule has 1 N–H and O–H groups in total. The summed E-state index contributed by atoms with van der Waals surface area (Å²) in [6.45, 7) is 3.77. The zero-order valence-electron chi connectivity index (χ0n) is 14.3. The summed E-state index contributed by atoms with van der Waals surface area (Å²) in [5.74, 6) is -0.155. The quantitative estimate of drug-likeness (QED) is 0.729. The van der Waals surface area contributed by atoms with Crippen molar-refractivity contribution in [3.63, 3.8) is 0 Å². The molecule has 0 spiro atoms. The van der Waals surface area contributed by atoms with Crippen molar-refractivity contribution in [2.24, 2.45) is 0 Å². The second-order valence-corrected chi connectivity index (χ2v) is 7.98. The Morgan fingerprint density at radius 1 is 1.42 bits per heavy atom. The van der Waals surface area contributed by atoms with E-state index >= 15 is 0 Å². The molecule has 2 rings (SSSR count). The van der Waals surface area contributed by atoms with E-state index in [1.54, 1.807) is 16.9 Å². The van der Waals surface area contributed by atoms with Crippen LogP contribution in [0.2, 0.25) is 0 Å². The summed E-state index contributed by atoms with van der Waals surface area (Å²) < 4.78 is 32.3. The Morgan fingerprint density at radius 2 is 2.12 bits per heavy atom. The first-order valence-electron chi connectivity index (χ1n) is 8.27. The number of hydrogen-bond donors (Lipinski definition) is 1. The van der Waals surface area contributed by atoms with Gasteiger partial charge in [-0.3, -0.25) is 9.48 Å². The van der Waals surface area contributed by atoms with Gasteiger partial charge < -0.3 is 10.1 Å². The number of rotatable bonds is 8. The van der Waals surface area contributed by atoms with Crippen LogP contribution < -0.4 is 5.32 Å². The molecule has 1 aromatic rings. The number of ether oxygens (including phenoxy) is 1. The summed E-state index contributed by atoms with van der Waals surface area (Å²) in [6.07, 6.45) is 3.75. The van der Waals surface area contributed by atoms with Gasteiger partial charge in [0.15, 0.2) is 0 Å². The Labute approximate surface area is 143 Å². The third-order valence-corrected chi connectivity index (χ3v) is 5.95. The van der Waals surface area contributed by atoms with Crippen molar-refractivity contribution in [1.29, 1.82) is 0 Å². The molecule has 0 aromatic carbocycles. The molecule has 2 heterocycles. The molecule has 1 amide bonds. The van der Waals surface area contributed by atoms with E-state index in [9.17, 15) is 13.2 Å². The van der Waals surface area contributed by atoms with Crippen molar-refractivity contribution in [3.8, 4) is 0 Å². The number of aryl methyl sites for hydroxylation is 1. The lowest BCUT2D eigenvalue weighted by Gasteiger charge is -2.31. The highest BCUT2D eigenvalue weighted by atomic mass is 32.2. The van der Waals surface area contributed by atoms with E-state index in [4.69, 9.17) is 4.74 Å². The maximum atomic E-state index is 12.4. The minimum atomic E-state index is -3.27. The SMILES string of the molecule is CCCn1nccc1C(=O)NC1CCN(S(=O)(=O)CCOC)CC1. The third-order valence-electron chi connectivity index (χ3n) is 4.11. The molecule has 24 heavy (non-hydrogen) atoms. The van der Waals surface area contributed by atoms with Gasteiger partial charge in [0.05, 0.1) is 12.4 Å². The molecule has 0 atom stereocenters. The van der Waals surface area contributed by atoms with Crippen molar-refractivity contribution >= 4 is 15.9 Å². The molecule has 9 heteroatoms. The molecule has 0 bridgehead atoms. The number of aromatic nitrogens is 2. The van der Waals surface area contributed by atoms with Gasteiger partial charge in [0, 0.05) is 39.0 Å². The monoisotopic (exact) mass is 358 g/mol. The van der Waals surface area contributed by atoms with Crippen molar-refractivity contribution in [3.05, 3.63) is 18.0 Å². The normalized spacial score (nSPS) is 17.1. The topological polar surface area (TPSA) is 93.5 Å². The van der Waals surface area contributed by atoms with Crippen LogP contribution in [0.3, 0.4) is 0 Å². The summed E-state index contributed by atoms with van der Waals surface area (Å²) >= 11 is 0. The van der Waals surface area contributed by atoms with E-state index in [2.05, 4.69) is 10.4 Å². The lowest BCUT2D eigenvalue weighted by atomic mass is 10.1. The number of carbonyl (C=O) groups excluding carboxylic acids is 1. The molecule has 0 unspecified atom stereocenters. The van der Waals surface area contributed by atoms with Crippen LogP contribution in [0.25, 0.3) is 0 Å². The summed E-state index contributed by atoms with van der Waals surface area (Å²) in [5, 5.41) is 7.14. The molecule has 1 aromatic heterocycles. The van der Waals surface area contributed by atoms with Gasteiger partial charge in [0.2, 0.25) is 10.0 Å². The number of nitrogens with zero attached hydrogens (tertiary/aromatic N) is 3. The smallest absolute Gasteiger partial charge is 0.269 e.